The van der Waals surface area contributed by atoms with Crippen LogP contribution in [-0.4, -0.2) is 27.3 Å². The first-order chi connectivity index (χ1) is 8.20. The lowest BCUT2D eigenvalue weighted by Gasteiger charge is -1.96. The van der Waals surface area contributed by atoms with Crippen molar-refractivity contribution in [3.63, 3.8) is 0 Å². The Kier molecular flexibility index (Phi) is 3.93. The molecule has 0 unspecified atom stereocenters. The van der Waals surface area contributed by atoms with E-state index in [1.165, 1.54) is 9.57 Å². The summed E-state index contributed by atoms with van der Waals surface area (Å²) in [6.07, 6.45) is 3.76. The normalized spacial score (nSPS) is 11.1. The van der Waals surface area contributed by atoms with Gasteiger partial charge in [0.1, 0.15) is 0 Å². The quantitative estimate of drug-likeness (QED) is 0.516. The molecule has 0 bridgehead atoms. The summed E-state index contributed by atoms with van der Waals surface area (Å²) in [4.78, 5) is 1.22. The lowest BCUT2D eigenvalue weighted by Crippen LogP contribution is -1.90. The van der Waals surface area contributed by atoms with E-state index < -0.39 is 0 Å². The van der Waals surface area contributed by atoms with E-state index in [1.54, 1.807) is 18.0 Å². The number of aromatic nitrogens is 3. The lowest BCUT2D eigenvalue weighted by atomic mass is 10.2. The lowest BCUT2D eigenvalue weighted by molar-refractivity contribution is 0.848. The Morgan fingerprint density at radius 2 is 1.76 bits per heavy atom. The Hall–Kier alpha value is -1.18. The fourth-order valence-corrected chi connectivity index (χ4v) is 2.07. The molecule has 1 aromatic carbocycles. The molecule has 2 rings (SSSR count). The highest BCUT2D eigenvalue weighted by Gasteiger charge is 1.93. The van der Waals surface area contributed by atoms with Gasteiger partial charge in [0.2, 0.25) is 9.54 Å². The predicted molar refractivity (Wildman–Crippen MR) is 76.0 cm³/mol. The van der Waals surface area contributed by atoms with Crippen molar-refractivity contribution in [2.24, 2.45) is 5.10 Å². The number of hydrogen-bond donors (Lipinski definition) is 2. The van der Waals surface area contributed by atoms with Gasteiger partial charge in [0.05, 0.1) is 6.21 Å². The summed E-state index contributed by atoms with van der Waals surface area (Å²) >= 11 is 11.7. The molecule has 0 atom stereocenters. The van der Waals surface area contributed by atoms with E-state index in [2.05, 4.69) is 15.3 Å². The maximum absolute atomic E-state index is 5.02. The van der Waals surface area contributed by atoms with Crippen LogP contribution in [0.3, 0.4) is 0 Å². The molecule has 1 heterocycles. The highest BCUT2D eigenvalue weighted by molar-refractivity contribution is 7.98. The average molecular weight is 282 g/mol. The molecule has 4 nitrogen and oxygen atoms in total. The summed E-state index contributed by atoms with van der Waals surface area (Å²) in [5.41, 5.74) is 1.00. The zero-order valence-electron chi connectivity index (χ0n) is 9.01. The second-order valence-corrected chi connectivity index (χ2v) is 4.84. The third-order valence-electron chi connectivity index (χ3n) is 2.10. The van der Waals surface area contributed by atoms with E-state index in [0.717, 1.165) is 5.56 Å². The van der Waals surface area contributed by atoms with Crippen molar-refractivity contribution in [3.8, 4) is 0 Å². The molecule has 0 saturated heterocycles. The Labute approximate surface area is 113 Å². The molecule has 0 aliphatic heterocycles. The SMILES string of the molecule is CSc1ccc(/C=N\n2c(=S)[nH][nH]c2=S)cc1. The first-order valence-electron chi connectivity index (χ1n) is 4.79. The molecule has 2 N–H and O–H groups in total. The Morgan fingerprint density at radius 3 is 2.29 bits per heavy atom. The Bertz CT molecular complexity index is 605. The van der Waals surface area contributed by atoms with Crippen molar-refractivity contribution in [3.05, 3.63) is 39.4 Å². The average Bonchev–Trinajstić information content (AvgIpc) is 2.67. The van der Waals surface area contributed by atoms with Crippen molar-refractivity contribution in [2.75, 3.05) is 6.26 Å². The summed E-state index contributed by atoms with van der Waals surface area (Å²) in [5, 5.41) is 9.65. The molecule has 0 fully saturated rings. The topological polar surface area (TPSA) is 48.9 Å². The van der Waals surface area contributed by atoms with Gasteiger partial charge in [0.15, 0.2) is 0 Å². The van der Waals surface area contributed by atoms with Crippen LogP contribution in [0.15, 0.2) is 34.3 Å². The molecule has 0 aliphatic carbocycles. The minimum atomic E-state index is 0.451. The van der Waals surface area contributed by atoms with E-state index in [1.807, 2.05) is 30.5 Å². The van der Waals surface area contributed by atoms with Crippen LogP contribution < -0.4 is 0 Å². The van der Waals surface area contributed by atoms with Gasteiger partial charge >= 0.3 is 0 Å². The maximum Gasteiger partial charge on any atom is 0.215 e. The maximum atomic E-state index is 5.02. The molecular formula is C10H10N4S3. The number of H-pyrrole nitrogens is 2. The third kappa shape index (κ3) is 2.93. The van der Waals surface area contributed by atoms with Crippen LogP contribution in [0.4, 0.5) is 0 Å². The number of nitrogens with one attached hydrogen (secondary N) is 2. The predicted octanol–water partition coefficient (Wildman–Crippen LogP) is 3.21. The second kappa shape index (κ2) is 5.44. The van der Waals surface area contributed by atoms with Crippen molar-refractivity contribution >= 4 is 42.4 Å². The van der Waals surface area contributed by atoms with Gasteiger partial charge in [-0.15, -0.1) is 11.8 Å². The summed E-state index contributed by atoms with van der Waals surface area (Å²) in [5.74, 6) is 0. The van der Waals surface area contributed by atoms with E-state index in [4.69, 9.17) is 24.4 Å². The number of benzene rings is 1. The van der Waals surface area contributed by atoms with Crippen LogP contribution >= 0.6 is 36.2 Å². The molecule has 88 valence electrons. The number of nitrogens with zero attached hydrogens (tertiary/aromatic N) is 2. The molecular weight excluding hydrogens is 272 g/mol. The van der Waals surface area contributed by atoms with Gasteiger partial charge in [0.25, 0.3) is 0 Å². The van der Waals surface area contributed by atoms with Crippen molar-refractivity contribution < 1.29 is 0 Å². The van der Waals surface area contributed by atoms with Crippen LogP contribution in [0.2, 0.25) is 0 Å². The van der Waals surface area contributed by atoms with Gasteiger partial charge in [-0.1, -0.05) is 12.1 Å². The largest absolute Gasteiger partial charge is 0.273 e. The van der Waals surface area contributed by atoms with Crippen molar-refractivity contribution in [1.29, 1.82) is 0 Å². The van der Waals surface area contributed by atoms with E-state index in [0.29, 0.717) is 9.54 Å². The zero-order chi connectivity index (χ0) is 12.3. The van der Waals surface area contributed by atoms with Gasteiger partial charge in [-0.2, -0.15) is 9.78 Å². The Balaban J connectivity index is 2.26. The summed E-state index contributed by atoms with van der Waals surface area (Å²) in [7, 11) is 0. The molecule has 0 aliphatic rings. The van der Waals surface area contributed by atoms with Gasteiger partial charge in [-0.3, -0.25) is 10.2 Å². The number of rotatable bonds is 3. The highest BCUT2D eigenvalue weighted by Crippen LogP contribution is 2.13. The minimum Gasteiger partial charge on any atom is -0.273 e. The van der Waals surface area contributed by atoms with Crippen LogP contribution in [-0.2, 0) is 0 Å². The molecule has 0 radical (unpaired) electrons. The molecule has 7 heteroatoms. The van der Waals surface area contributed by atoms with Gasteiger partial charge < -0.3 is 0 Å². The van der Waals surface area contributed by atoms with Gasteiger partial charge in [-0.25, -0.2) is 0 Å². The van der Waals surface area contributed by atoms with Crippen molar-refractivity contribution in [1.82, 2.24) is 14.9 Å². The van der Waals surface area contributed by atoms with E-state index in [-0.39, 0.29) is 0 Å². The van der Waals surface area contributed by atoms with E-state index in [9.17, 15) is 0 Å². The number of thioether (sulfide) groups is 1. The smallest absolute Gasteiger partial charge is 0.215 e. The molecule has 1 aromatic heterocycles. The Morgan fingerprint density at radius 1 is 1.18 bits per heavy atom. The first kappa shape index (κ1) is 12.3. The molecule has 17 heavy (non-hydrogen) atoms. The first-order valence-corrected chi connectivity index (χ1v) is 6.83. The van der Waals surface area contributed by atoms with Gasteiger partial charge in [-0.05, 0) is 48.4 Å². The van der Waals surface area contributed by atoms with Gasteiger partial charge in [0, 0.05) is 4.90 Å². The summed E-state index contributed by atoms with van der Waals surface area (Å²) < 4.78 is 2.37. The number of hydrogen-bond acceptors (Lipinski definition) is 4. The van der Waals surface area contributed by atoms with Crippen LogP contribution in [0, 0.1) is 9.54 Å². The summed E-state index contributed by atoms with van der Waals surface area (Å²) in [6.45, 7) is 0. The minimum absolute atomic E-state index is 0.451. The summed E-state index contributed by atoms with van der Waals surface area (Å²) in [6, 6.07) is 8.09. The van der Waals surface area contributed by atoms with Crippen LogP contribution in [0.1, 0.15) is 5.56 Å². The standard InChI is InChI=1S/C10H10N4S3/c1-17-8-4-2-7(3-5-8)6-11-14-9(15)12-13-10(14)16/h2-6H,1H3,(H,12,15)(H,13,16)/b11-6-. The third-order valence-corrected chi connectivity index (χ3v) is 3.39. The zero-order valence-corrected chi connectivity index (χ0v) is 11.5. The fraction of sp³-hybridized carbons (Fsp3) is 0.100. The monoisotopic (exact) mass is 282 g/mol. The van der Waals surface area contributed by atoms with Crippen LogP contribution in [0.25, 0.3) is 0 Å². The fourth-order valence-electron chi connectivity index (χ4n) is 1.22. The van der Waals surface area contributed by atoms with Crippen molar-refractivity contribution in [2.45, 2.75) is 4.90 Å². The van der Waals surface area contributed by atoms with Crippen LogP contribution in [0.5, 0.6) is 0 Å². The highest BCUT2D eigenvalue weighted by atomic mass is 32.2. The number of aromatic amines is 2. The second-order valence-electron chi connectivity index (χ2n) is 3.19. The molecule has 0 saturated carbocycles. The molecule has 2 aromatic rings. The van der Waals surface area contributed by atoms with E-state index >= 15 is 0 Å². The molecule has 0 amide bonds. The molecule has 0 spiro atoms.